The molecule has 2 aromatic carbocycles. The maximum atomic E-state index is 14.3. The molecule has 1 spiro atoms. The van der Waals surface area contributed by atoms with Crippen molar-refractivity contribution in [3.63, 3.8) is 0 Å². The van der Waals surface area contributed by atoms with E-state index >= 15 is 0 Å². The number of piperidine rings is 1. The van der Waals surface area contributed by atoms with E-state index in [1.165, 1.54) is 35.2 Å². The molecule has 2 saturated heterocycles. The SMILES string of the molecule is O=C(N1CC[C@@](O)(Cn2cnc(-c3ccccc3F)cc2=O)C2(CCCC2)C1)N1CCNC[C@H]1c1cc(F)cc(F)c1. The number of piperazine rings is 1. The van der Waals surface area contributed by atoms with E-state index in [1.807, 2.05) is 0 Å². The lowest BCUT2D eigenvalue weighted by Crippen LogP contribution is -2.64. The Morgan fingerprint density at radius 3 is 2.48 bits per heavy atom. The lowest BCUT2D eigenvalue weighted by molar-refractivity contribution is -0.137. The Hall–Kier alpha value is -3.70. The van der Waals surface area contributed by atoms with Crippen LogP contribution in [-0.2, 0) is 6.54 Å². The predicted molar refractivity (Wildman–Crippen MR) is 150 cm³/mol. The van der Waals surface area contributed by atoms with Crippen molar-refractivity contribution < 1.29 is 23.1 Å². The lowest BCUT2D eigenvalue weighted by Gasteiger charge is -2.53. The minimum atomic E-state index is -1.26. The van der Waals surface area contributed by atoms with Crippen LogP contribution in [0.4, 0.5) is 18.0 Å². The number of carbonyl (C=O) groups is 1. The first-order valence-electron chi connectivity index (χ1n) is 14.4. The summed E-state index contributed by atoms with van der Waals surface area (Å²) in [5.74, 6) is -1.86. The van der Waals surface area contributed by atoms with Gasteiger partial charge in [0.25, 0.3) is 5.56 Å². The zero-order chi connectivity index (χ0) is 29.5. The zero-order valence-electron chi connectivity index (χ0n) is 23.2. The summed E-state index contributed by atoms with van der Waals surface area (Å²) in [6.45, 7) is 1.90. The molecule has 1 aromatic heterocycles. The van der Waals surface area contributed by atoms with Gasteiger partial charge in [-0.2, -0.15) is 0 Å². The topological polar surface area (TPSA) is 90.7 Å². The monoisotopic (exact) mass is 581 g/mol. The fourth-order valence-corrected chi connectivity index (χ4v) is 7.08. The number of hydrogen-bond donors (Lipinski definition) is 2. The molecule has 222 valence electrons. The van der Waals surface area contributed by atoms with Crippen molar-refractivity contribution in [3.05, 3.63) is 88.2 Å². The van der Waals surface area contributed by atoms with Crippen LogP contribution >= 0.6 is 0 Å². The molecular formula is C31H34F3N5O3. The molecule has 2 atom stereocenters. The van der Waals surface area contributed by atoms with Crippen molar-refractivity contribution in [2.45, 2.75) is 50.3 Å². The first-order valence-corrected chi connectivity index (χ1v) is 14.4. The quantitative estimate of drug-likeness (QED) is 0.485. The molecule has 42 heavy (non-hydrogen) atoms. The highest BCUT2D eigenvalue weighted by Crippen LogP contribution is 2.51. The molecule has 1 saturated carbocycles. The third-order valence-corrected chi connectivity index (χ3v) is 9.33. The van der Waals surface area contributed by atoms with Crippen LogP contribution in [0.3, 0.4) is 0 Å². The zero-order valence-corrected chi connectivity index (χ0v) is 23.2. The molecule has 1 aliphatic carbocycles. The molecule has 8 nitrogen and oxygen atoms in total. The fraction of sp³-hybridized carbons (Fsp3) is 0.452. The second kappa shape index (κ2) is 11.2. The second-order valence-corrected chi connectivity index (χ2v) is 11.8. The predicted octanol–water partition coefficient (Wildman–Crippen LogP) is 4.09. The number of benzene rings is 2. The van der Waals surface area contributed by atoms with Gasteiger partial charge in [-0.25, -0.2) is 22.9 Å². The van der Waals surface area contributed by atoms with Crippen LogP contribution in [-0.4, -0.2) is 68.8 Å². The summed E-state index contributed by atoms with van der Waals surface area (Å²) >= 11 is 0. The van der Waals surface area contributed by atoms with E-state index in [4.69, 9.17) is 0 Å². The maximum absolute atomic E-state index is 14.3. The Kier molecular flexibility index (Phi) is 7.57. The second-order valence-electron chi connectivity index (χ2n) is 11.8. The van der Waals surface area contributed by atoms with Gasteiger partial charge >= 0.3 is 6.03 Å². The molecule has 2 N–H and O–H groups in total. The van der Waals surface area contributed by atoms with Crippen LogP contribution < -0.4 is 10.9 Å². The van der Waals surface area contributed by atoms with Gasteiger partial charge in [-0.15, -0.1) is 0 Å². The van der Waals surface area contributed by atoms with Crippen LogP contribution in [0.2, 0.25) is 0 Å². The molecule has 2 amide bonds. The summed E-state index contributed by atoms with van der Waals surface area (Å²) in [7, 11) is 0. The van der Waals surface area contributed by atoms with Gasteiger partial charge < -0.3 is 20.2 Å². The third-order valence-electron chi connectivity index (χ3n) is 9.33. The van der Waals surface area contributed by atoms with Gasteiger partial charge in [0.15, 0.2) is 0 Å². The average Bonchev–Trinajstić information content (AvgIpc) is 3.45. The fourth-order valence-electron chi connectivity index (χ4n) is 7.08. The van der Waals surface area contributed by atoms with Gasteiger partial charge in [0, 0.05) is 55.8 Å². The maximum Gasteiger partial charge on any atom is 0.320 e. The number of likely N-dealkylation sites (tertiary alicyclic amines) is 1. The van der Waals surface area contributed by atoms with Crippen LogP contribution in [0, 0.1) is 22.9 Å². The van der Waals surface area contributed by atoms with E-state index < -0.39 is 40.1 Å². The summed E-state index contributed by atoms with van der Waals surface area (Å²) in [5.41, 5.74) is -1.44. The Morgan fingerprint density at radius 2 is 1.76 bits per heavy atom. The number of urea groups is 1. The number of carbonyl (C=O) groups excluding carboxylic acids is 1. The van der Waals surface area contributed by atoms with Gasteiger partial charge in [0.1, 0.15) is 17.5 Å². The molecule has 2 aliphatic heterocycles. The van der Waals surface area contributed by atoms with Crippen molar-refractivity contribution in [2.75, 3.05) is 32.7 Å². The number of hydrogen-bond acceptors (Lipinski definition) is 5. The average molecular weight is 582 g/mol. The highest BCUT2D eigenvalue weighted by molar-refractivity contribution is 5.75. The van der Waals surface area contributed by atoms with Crippen LogP contribution in [0.25, 0.3) is 11.3 Å². The van der Waals surface area contributed by atoms with Gasteiger partial charge in [-0.3, -0.25) is 9.36 Å². The van der Waals surface area contributed by atoms with Crippen molar-refractivity contribution in [1.29, 1.82) is 0 Å². The smallest absolute Gasteiger partial charge is 0.320 e. The summed E-state index contributed by atoms with van der Waals surface area (Å²) in [4.78, 5) is 34.8. The molecule has 0 unspecified atom stereocenters. The molecule has 3 aliphatic rings. The van der Waals surface area contributed by atoms with E-state index in [2.05, 4.69) is 10.3 Å². The molecule has 0 radical (unpaired) electrons. The Morgan fingerprint density at radius 1 is 1.02 bits per heavy atom. The van der Waals surface area contributed by atoms with Crippen LogP contribution in [0.5, 0.6) is 0 Å². The number of aliphatic hydroxyl groups is 1. The number of amides is 2. The summed E-state index contributed by atoms with van der Waals surface area (Å²) in [5, 5.41) is 15.4. The van der Waals surface area contributed by atoms with Crippen molar-refractivity contribution in [2.24, 2.45) is 5.41 Å². The molecular weight excluding hydrogens is 547 g/mol. The number of nitrogens with one attached hydrogen (secondary N) is 1. The standard InChI is InChI=1S/C31H34F3N5O3/c32-22-13-21(14-23(33)15-22)27-17-35-10-12-39(27)29(41)37-11-9-31(42,30(18-37)7-3-4-8-30)19-38-20-36-26(16-28(38)40)24-5-1-2-6-25(24)34/h1-2,5-6,13-16,20,27,35,42H,3-4,7-12,17-19H2/t27-,31+/m0/s1. The van der Waals surface area contributed by atoms with Crippen molar-refractivity contribution >= 4 is 6.03 Å². The minimum absolute atomic E-state index is 0.0112. The highest BCUT2D eigenvalue weighted by Gasteiger charge is 2.56. The van der Waals surface area contributed by atoms with Crippen LogP contribution in [0.15, 0.2) is 59.7 Å². The van der Waals surface area contributed by atoms with Gasteiger partial charge in [0.05, 0.1) is 30.2 Å². The Bertz CT molecular complexity index is 1520. The van der Waals surface area contributed by atoms with E-state index in [0.29, 0.717) is 44.6 Å². The Labute approximate surface area is 241 Å². The molecule has 0 bridgehead atoms. The molecule has 3 heterocycles. The van der Waals surface area contributed by atoms with Gasteiger partial charge in [-0.1, -0.05) is 25.0 Å². The first kappa shape index (κ1) is 28.4. The summed E-state index contributed by atoms with van der Waals surface area (Å²) < 4.78 is 43.7. The normalized spacial score (nSPS) is 23.9. The Balaban J connectivity index is 1.23. The number of rotatable bonds is 4. The van der Waals surface area contributed by atoms with E-state index in [-0.39, 0.29) is 36.8 Å². The molecule has 3 aromatic rings. The summed E-state index contributed by atoms with van der Waals surface area (Å²) in [6.07, 6.45) is 4.79. The third kappa shape index (κ3) is 5.20. The number of halogens is 3. The lowest BCUT2D eigenvalue weighted by atomic mass is 9.66. The highest BCUT2D eigenvalue weighted by atomic mass is 19.1. The van der Waals surface area contributed by atoms with E-state index in [1.54, 1.807) is 28.0 Å². The minimum Gasteiger partial charge on any atom is -0.387 e. The van der Waals surface area contributed by atoms with Crippen LogP contribution in [0.1, 0.15) is 43.7 Å². The number of nitrogens with zero attached hydrogens (tertiary/aromatic N) is 4. The van der Waals surface area contributed by atoms with Gasteiger partial charge in [0.2, 0.25) is 0 Å². The largest absolute Gasteiger partial charge is 0.387 e. The van der Waals surface area contributed by atoms with E-state index in [0.717, 1.165) is 18.9 Å². The molecule has 11 heteroatoms. The van der Waals surface area contributed by atoms with Gasteiger partial charge in [-0.05, 0) is 49.1 Å². The van der Waals surface area contributed by atoms with Crippen molar-refractivity contribution in [1.82, 2.24) is 24.7 Å². The molecule has 3 fully saturated rings. The van der Waals surface area contributed by atoms with E-state index in [9.17, 15) is 27.9 Å². The molecule has 6 rings (SSSR count). The van der Waals surface area contributed by atoms with Crippen molar-refractivity contribution in [3.8, 4) is 11.3 Å². The number of aromatic nitrogens is 2. The first-order chi connectivity index (χ1) is 20.2. The summed E-state index contributed by atoms with van der Waals surface area (Å²) in [6, 6.07) is 9.96.